The quantitative estimate of drug-likeness (QED) is 0.208. The monoisotopic (exact) mass is 651 g/mol. The van der Waals surface area contributed by atoms with Crippen LogP contribution in [0.3, 0.4) is 0 Å². The number of nitrogens with one attached hydrogen (secondary N) is 1. The number of amides is 1. The second-order valence-corrected chi connectivity index (χ2v) is 15.1. The van der Waals surface area contributed by atoms with Gasteiger partial charge in [0.15, 0.2) is 9.84 Å². The molecule has 5 rings (SSSR count). The van der Waals surface area contributed by atoms with Gasteiger partial charge in [0.25, 0.3) is 5.91 Å². The topological polar surface area (TPSA) is 169 Å². The second-order valence-electron chi connectivity index (χ2n) is 10.9. The molecule has 14 heteroatoms. The van der Waals surface area contributed by atoms with Crippen LogP contribution in [0.2, 0.25) is 0 Å². The van der Waals surface area contributed by atoms with Crippen LogP contribution in [0.1, 0.15) is 31.7 Å². The van der Waals surface area contributed by atoms with E-state index >= 15 is 0 Å². The summed E-state index contributed by atoms with van der Waals surface area (Å²) in [4.78, 5) is 25.2. The standard InChI is InChI=1S/C31H33N5O7S2/c1-2-43-31(38)22-11-14-35(15-12-22)45(41,42)28-10-6-7-23(18-28)29-25(20-36(34-29)27-8-4-3-5-9-27)17-24(19-32)30(37)33-26-13-16-44(39,40)21-26/h3-10,17-18,20,22,26H,2,11-16,21H2,1H3,(H,33,37)/b24-17-. The van der Waals surface area contributed by atoms with Crippen LogP contribution in [-0.4, -0.2) is 80.0 Å². The van der Waals surface area contributed by atoms with Crippen molar-refractivity contribution in [1.82, 2.24) is 19.4 Å². The summed E-state index contributed by atoms with van der Waals surface area (Å²) in [6, 6.07) is 16.7. The zero-order valence-corrected chi connectivity index (χ0v) is 26.3. The molecule has 1 N–H and O–H groups in total. The third-order valence-corrected chi connectivity index (χ3v) is 11.5. The second kappa shape index (κ2) is 13.4. The Balaban J connectivity index is 1.46. The fourth-order valence-corrected chi connectivity index (χ4v) is 8.64. The number of hydrogen-bond donors (Lipinski definition) is 1. The molecule has 12 nitrogen and oxygen atoms in total. The lowest BCUT2D eigenvalue weighted by atomic mass is 9.98. The van der Waals surface area contributed by atoms with Gasteiger partial charge in [-0.05, 0) is 56.5 Å². The van der Waals surface area contributed by atoms with Crippen LogP contribution >= 0.6 is 0 Å². The summed E-state index contributed by atoms with van der Waals surface area (Å²) >= 11 is 0. The summed E-state index contributed by atoms with van der Waals surface area (Å²) in [6.45, 7) is 2.35. The molecule has 45 heavy (non-hydrogen) atoms. The zero-order valence-electron chi connectivity index (χ0n) is 24.6. The third-order valence-electron chi connectivity index (χ3n) is 7.81. The van der Waals surface area contributed by atoms with Crippen molar-refractivity contribution in [2.24, 2.45) is 5.92 Å². The summed E-state index contributed by atoms with van der Waals surface area (Å²) in [6.07, 6.45) is 3.99. The highest BCUT2D eigenvalue weighted by Gasteiger charge is 2.33. The average molecular weight is 652 g/mol. The summed E-state index contributed by atoms with van der Waals surface area (Å²) < 4.78 is 59.0. The minimum absolute atomic E-state index is 0.0276. The van der Waals surface area contributed by atoms with Crippen LogP contribution in [0.25, 0.3) is 23.0 Å². The van der Waals surface area contributed by atoms with Gasteiger partial charge in [-0.1, -0.05) is 30.3 Å². The van der Waals surface area contributed by atoms with Gasteiger partial charge in [-0.15, -0.1) is 0 Å². The van der Waals surface area contributed by atoms with Crippen molar-refractivity contribution >= 4 is 37.8 Å². The minimum Gasteiger partial charge on any atom is -0.466 e. The van der Waals surface area contributed by atoms with Crippen LogP contribution in [0.5, 0.6) is 0 Å². The molecule has 0 spiro atoms. The number of rotatable bonds is 9. The van der Waals surface area contributed by atoms with E-state index < -0.39 is 31.8 Å². The summed E-state index contributed by atoms with van der Waals surface area (Å²) in [5.74, 6) is -1.58. The number of aromatic nitrogens is 2. The highest BCUT2D eigenvalue weighted by atomic mass is 32.2. The predicted octanol–water partition coefficient (Wildman–Crippen LogP) is 2.71. The van der Waals surface area contributed by atoms with Gasteiger partial charge in [0, 0.05) is 36.5 Å². The lowest BCUT2D eigenvalue weighted by molar-refractivity contribution is -0.149. The van der Waals surface area contributed by atoms with Crippen LogP contribution in [0.4, 0.5) is 0 Å². The van der Waals surface area contributed by atoms with Gasteiger partial charge < -0.3 is 10.1 Å². The number of ether oxygens (including phenoxy) is 1. The summed E-state index contributed by atoms with van der Waals surface area (Å²) in [5.41, 5.74) is 1.61. The van der Waals surface area contributed by atoms with Crippen LogP contribution in [0.15, 0.2) is 71.3 Å². The molecule has 1 amide bonds. The predicted molar refractivity (Wildman–Crippen MR) is 166 cm³/mol. The Morgan fingerprint density at radius 1 is 1.11 bits per heavy atom. The van der Waals surface area contributed by atoms with Crippen LogP contribution in [0, 0.1) is 17.2 Å². The molecule has 2 aliphatic rings. The molecule has 2 fully saturated rings. The first-order chi connectivity index (χ1) is 21.5. The van der Waals surface area contributed by atoms with Crippen molar-refractivity contribution in [3.63, 3.8) is 0 Å². The van der Waals surface area contributed by atoms with Crippen LogP contribution in [-0.2, 0) is 34.2 Å². The molecular weight excluding hydrogens is 619 g/mol. The molecule has 1 unspecified atom stereocenters. The van der Waals surface area contributed by atoms with E-state index in [2.05, 4.69) is 5.32 Å². The molecule has 0 aliphatic carbocycles. The Labute approximate surface area is 262 Å². The molecule has 2 aliphatic heterocycles. The lowest BCUT2D eigenvalue weighted by Gasteiger charge is -2.30. The fourth-order valence-electron chi connectivity index (χ4n) is 5.45. The SMILES string of the molecule is CCOC(=O)C1CCN(S(=O)(=O)c2cccc(-c3nn(-c4ccccc4)cc3/C=C(/C#N)C(=O)NC3CCS(=O)(=O)C3)c2)CC1. The highest BCUT2D eigenvalue weighted by molar-refractivity contribution is 7.91. The van der Waals surface area contributed by atoms with E-state index in [1.807, 2.05) is 36.4 Å². The number of para-hydroxylation sites is 1. The average Bonchev–Trinajstić information content (AvgIpc) is 3.62. The molecule has 0 saturated carbocycles. The third kappa shape index (κ3) is 7.33. The van der Waals surface area contributed by atoms with Gasteiger partial charge >= 0.3 is 5.97 Å². The fraction of sp³-hybridized carbons (Fsp3) is 0.355. The van der Waals surface area contributed by atoms with Gasteiger partial charge in [-0.25, -0.2) is 21.5 Å². The first kappa shape index (κ1) is 32.1. The number of piperidine rings is 1. The molecule has 1 aromatic heterocycles. The number of nitriles is 1. The molecule has 1 atom stereocenters. The minimum atomic E-state index is -3.91. The number of nitrogens with zero attached hydrogens (tertiary/aromatic N) is 4. The number of benzene rings is 2. The molecule has 3 heterocycles. The van der Waals surface area contributed by atoms with Gasteiger partial charge in [-0.2, -0.15) is 14.7 Å². The normalized spacial score (nSPS) is 19.1. The van der Waals surface area contributed by atoms with Crippen molar-refractivity contribution in [3.8, 4) is 23.0 Å². The number of sulfone groups is 1. The van der Waals surface area contributed by atoms with Crippen molar-refractivity contribution in [2.45, 2.75) is 37.1 Å². The van der Waals surface area contributed by atoms with Crippen LogP contribution < -0.4 is 5.32 Å². The van der Waals surface area contributed by atoms with Crippen molar-refractivity contribution in [2.75, 3.05) is 31.2 Å². The van der Waals surface area contributed by atoms with E-state index in [9.17, 15) is 31.7 Å². The number of carbonyl (C=O) groups excluding carboxylic acids is 2. The smallest absolute Gasteiger partial charge is 0.309 e. The molecule has 3 aromatic rings. The van der Waals surface area contributed by atoms with E-state index in [4.69, 9.17) is 9.84 Å². The Morgan fingerprint density at radius 2 is 1.84 bits per heavy atom. The molecule has 236 valence electrons. The first-order valence-electron chi connectivity index (χ1n) is 14.6. The molecule has 0 radical (unpaired) electrons. The van der Waals surface area contributed by atoms with E-state index in [1.54, 1.807) is 29.9 Å². The number of sulfonamides is 1. The maximum absolute atomic E-state index is 13.6. The summed E-state index contributed by atoms with van der Waals surface area (Å²) in [5, 5.41) is 17.2. The summed E-state index contributed by atoms with van der Waals surface area (Å²) in [7, 11) is -7.15. The van der Waals surface area contributed by atoms with Gasteiger partial charge in [-0.3, -0.25) is 9.59 Å². The van der Waals surface area contributed by atoms with E-state index in [0.717, 1.165) is 0 Å². The zero-order chi connectivity index (χ0) is 32.2. The van der Waals surface area contributed by atoms with E-state index in [0.29, 0.717) is 35.3 Å². The van der Waals surface area contributed by atoms with E-state index in [-0.39, 0.29) is 60.0 Å². The van der Waals surface area contributed by atoms with Crippen molar-refractivity contribution < 1.29 is 31.2 Å². The Hall–Kier alpha value is -4.32. The molecule has 2 saturated heterocycles. The Morgan fingerprint density at radius 3 is 2.49 bits per heavy atom. The highest BCUT2D eigenvalue weighted by Crippen LogP contribution is 2.30. The number of hydrogen-bond acceptors (Lipinski definition) is 9. The largest absolute Gasteiger partial charge is 0.466 e. The van der Waals surface area contributed by atoms with Gasteiger partial charge in [0.1, 0.15) is 17.3 Å². The van der Waals surface area contributed by atoms with Gasteiger partial charge in [0.2, 0.25) is 10.0 Å². The van der Waals surface area contributed by atoms with Crippen molar-refractivity contribution in [1.29, 1.82) is 5.26 Å². The maximum atomic E-state index is 13.6. The maximum Gasteiger partial charge on any atom is 0.309 e. The lowest BCUT2D eigenvalue weighted by Crippen LogP contribution is -2.40. The molecule has 0 bridgehead atoms. The van der Waals surface area contributed by atoms with E-state index in [1.165, 1.54) is 22.5 Å². The first-order valence-corrected chi connectivity index (χ1v) is 17.8. The molecular formula is C31H33N5O7S2. The van der Waals surface area contributed by atoms with Gasteiger partial charge in [0.05, 0.1) is 34.6 Å². The van der Waals surface area contributed by atoms with Crippen molar-refractivity contribution in [3.05, 3.63) is 71.9 Å². The Kier molecular flexibility index (Phi) is 9.52. The Bertz CT molecular complexity index is 1870. The molecule has 2 aromatic carbocycles. The number of carbonyl (C=O) groups is 2. The number of esters is 1.